The van der Waals surface area contributed by atoms with Crippen LogP contribution in [0.3, 0.4) is 0 Å². The minimum atomic E-state index is -3.39. The van der Waals surface area contributed by atoms with Crippen LogP contribution in [0, 0.1) is 12.8 Å². The number of hydrogen-bond donors (Lipinski definition) is 1. The predicted octanol–water partition coefficient (Wildman–Crippen LogP) is 5.47. The second-order valence-corrected chi connectivity index (χ2v) is 14.2. The van der Waals surface area contributed by atoms with Crippen LogP contribution >= 0.6 is 0 Å². The SMILES string of the molecule is CC(C)C[C@](C)(N)COc1ccc2c(c1)COc1cnc(S(C)(=O)=O)cc1-2.COc1ccc2c(c1)COc1cnc(C)cc1-2.O=S=O. The summed E-state index contributed by atoms with van der Waals surface area (Å²) >= 11 is -0.750. The lowest BCUT2D eigenvalue weighted by molar-refractivity contribution is 0.206. The number of nitrogens with zero attached hydrogens (tertiary/aromatic N) is 2. The summed E-state index contributed by atoms with van der Waals surface area (Å²) in [7, 11) is -1.71. The summed E-state index contributed by atoms with van der Waals surface area (Å²) in [6, 6.07) is 15.4. The molecule has 13 heteroatoms. The molecule has 0 bridgehead atoms. The van der Waals surface area contributed by atoms with Crippen molar-refractivity contribution in [2.24, 2.45) is 11.7 Å². The smallest absolute Gasteiger partial charge is 0.335 e. The molecular weight excluding hydrogens is 643 g/mol. The highest BCUT2D eigenvalue weighted by molar-refractivity contribution is 7.90. The Balaban J connectivity index is 0.000000213. The van der Waals surface area contributed by atoms with Crippen molar-refractivity contribution in [3.63, 3.8) is 0 Å². The maximum absolute atomic E-state index is 11.8. The van der Waals surface area contributed by atoms with Crippen molar-refractivity contribution in [1.82, 2.24) is 9.97 Å². The fourth-order valence-corrected chi connectivity index (χ4v) is 6.07. The van der Waals surface area contributed by atoms with E-state index in [0.29, 0.717) is 31.5 Å². The molecular formula is C34H39N3O8S2. The Bertz CT molecular complexity index is 1890. The lowest BCUT2D eigenvalue weighted by Crippen LogP contribution is -2.43. The minimum Gasteiger partial charge on any atom is -0.497 e. The third kappa shape index (κ3) is 9.15. The number of nitrogens with two attached hydrogens (primary N) is 1. The van der Waals surface area contributed by atoms with Crippen molar-refractivity contribution in [2.45, 2.75) is 57.9 Å². The summed E-state index contributed by atoms with van der Waals surface area (Å²) in [6.45, 7) is 9.62. The van der Waals surface area contributed by atoms with Gasteiger partial charge in [0.2, 0.25) is 0 Å². The van der Waals surface area contributed by atoms with Crippen LogP contribution in [0.15, 0.2) is 66.0 Å². The third-order valence-corrected chi connectivity index (χ3v) is 8.39. The van der Waals surface area contributed by atoms with Gasteiger partial charge in [-0.1, -0.05) is 26.0 Å². The summed E-state index contributed by atoms with van der Waals surface area (Å²) in [5.41, 5.74) is 13.0. The highest BCUT2D eigenvalue weighted by Crippen LogP contribution is 2.40. The van der Waals surface area contributed by atoms with Gasteiger partial charge >= 0.3 is 11.6 Å². The number of aryl methyl sites for hydroxylation is 1. The normalized spacial score (nSPS) is 13.6. The van der Waals surface area contributed by atoms with Crippen LogP contribution in [-0.4, -0.2) is 52.3 Å². The van der Waals surface area contributed by atoms with E-state index in [4.69, 9.17) is 33.1 Å². The van der Waals surface area contributed by atoms with Crippen LogP contribution in [0.25, 0.3) is 22.3 Å². The van der Waals surface area contributed by atoms with Crippen LogP contribution in [0.5, 0.6) is 23.0 Å². The Labute approximate surface area is 279 Å². The Morgan fingerprint density at radius 3 is 1.98 bits per heavy atom. The molecule has 6 rings (SSSR count). The number of rotatable bonds is 7. The summed E-state index contributed by atoms with van der Waals surface area (Å²) in [6.07, 6.45) is 5.27. The number of benzene rings is 2. The number of aromatic nitrogens is 2. The second-order valence-electron chi connectivity index (χ2n) is 12.1. The highest BCUT2D eigenvalue weighted by atomic mass is 32.2. The summed E-state index contributed by atoms with van der Waals surface area (Å²) in [4.78, 5) is 8.23. The summed E-state index contributed by atoms with van der Waals surface area (Å²) in [5.74, 6) is 3.51. The van der Waals surface area contributed by atoms with Crippen molar-refractivity contribution < 1.29 is 35.8 Å². The van der Waals surface area contributed by atoms with Crippen LogP contribution in [0.2, 0.25) is 0 Å². The topological polar surface area (TPSA) is 157 Å². The van der Waals surface area contributed by atoms with Gasteiger partial charge < -0.3 is 24.7 Å². The third-order valence-electron chi connectivity index (χ3n) is 7.41. The van der Waals surface area contributed by atoms with Gasteiger partial charge in [0.1, 0.15) is 42.8 Å². The van der Waals surface area contributed by atoms with Gasteiger partial charge in [0, 0.05) is 39.7 Å². The Morgan fingerprint density at radius 1 is 0.894 bits per heavy atom. The van der Waals surface area contributed by atoms with Crippen LogP contribution < -0.4 is 24.7 Å². The molecule has 2 aromatic carbocycles. The standard InChI is InChI=1S/C20H26N2O4S.C14H13NO2.O2S/c1-13(2)9-20(3,21)12-26-15-5-6-16-14(7-15)11-25-18-10-22-19(8-17(16)18)27(4,23)24;1-9-5-13-12-4-3-11(16-2)6-10(12)8-17-14(13)7-15-9;1-3-2/h5-8,10,13H,9,11-12,21H2,1-4H3;3-7H,8H2,1-2H3;/t20-;;/m0../s1. The predicted molar refractivity (Wildman–Crippen MR) is 179 cm³/mol. The quantitative estimate of drug-likeness (QED) is 0.264. The monoisotopic (exact) mass is 681 g/mol. The van der Waals surface area contributed by atoms with E-state index >= 15 is 0 Å². The first-order chi connectivity index (χ1) is 22.2. The van der Waals surface area contributed by atoms with Gasteiger partial charge in [-0.05, 0) is 73.7 Å². The van der Waals surface area contributed by atoms with Crippen molar-refractivity contribution in [3.05, 3.63) is 77.7 Å². The molecule has 0 saturated heterocycles. The summed E-state index contributed by atoms with van der Waals surface area (Å²) < 4.78 is 62.8. The molecule has 11 nitrogen and oxygen atoms in total. The first-order valence-corrected chi connectivity index (χ1v) is 17.4. The van der Waals surface area contributed by atoms with Gasteiger partial charge in [-0.15, -0.1) is 0 Å². The number of pyridine rings is 2. The first kappa shape index (κ1) is 35.5. The molecule has 2 N–H and O–H groups in total. The molecule has 0 fully saturated rings. The highest BCUT2D eigenvalue weighted by Gasteiger charge is 2.24. The Hall–Kier alpha value is -4.33. The molecule has 1 atom stereocenters. The number of methoxy groups -OCH3 is 1. The first-order valence-electron chi connectivity index (χ1n) is 14.8. The van der Waals surface area contributed by atoms with Gasteiger partial charge in [-0.25, -0.2) is 13.4 Å². The molecule has 0 unspecified atom stereocenters. The summed E-state index contributed by atoms with van der Waals surface area (Å²) in [5, 5.41) is 0.0330. The number of fused-ring (bicyclic) bond motifs is 6. The fourth-order valence-electron chi connectivity index (χ4n) is 5.50. The zero-order valence-electron chi connectivity index (χ0n) is 27.2. The van der Waals surface area contributed by atoms with E-state index in [1.807, 2.05) is 44.2 Å². The van der Waals surface area contributed by atoms with E-state index < -0.39 is 26.9 Å². The molecule has 4 aromatic rings. The number of sulfone groups is 1. The largest absolute Gasteiger partial charge is 0.497 e. The molecule has 2 aliphatic rings. The zero-order chi connectivity index (χ0) is 34.4. The molecule has 2 aromatic heterocycles. The molecule has 0 radical (unpaired) electrons. The van der Waals surface area contributed by atoms with E-state index in [-0.39, 0.29) is 5.03 Å². The second kappa shape index (κ2) is 15.1. The van der Waals surface area contributed by atoms with Crippen LogP contribution in [0.4, 0.5) is 0 Å². The van der Waals surface area contributed by atoms with Crippen molar-refractivity contribution in [1.29, 1.82) is 0 Å². The average molecular weight is 682 g/mol. The number of ether oxygens (including phenoxy) is 4. The van der Waals surface area contributed by atoms with Gasteiger partial charge in [0.05, 0.1) is 19.5 Å². The molecule has 250 valence electrons. The van der Waals surface area contributed by atoms with Crippen molar-refractivity contribution in [3.8, 4) is 45.3 Å². The average Bonchev–Trinajstić information content (AvgIpc) is 3.02. The van der Waals surface area contributed by atoms with Crippen molar-refractivity contribution >= 4 is 21.4 Å². The zero-order valence-corrected chi connectivity index (χ0v) is 28.9. The van der Waals surface area contributed by atoms with Gasteiger partial charge in [-0.3, -0.25) is 4.98 Å². The van der Waals surface area contributed by atoms with E-state index in [2.05, 4.69) is 35.9 Å². The molecule has 0 spiro atoms. The molecule has 0 saturated carbocycles. The lowest BCUT2D eigenvalue weighted by Gasteiger charge is -2.27. The lowest BCUT2D eigenvalue weighted by atomic mass is 9.93. The van der Waals surface area contributed by atoms with Crippen LogP contribution in [0.1, 0.15) is 44.0 Å². The molecule has 4 heterocycles. The number of hydrogen-bond acceptors (Lipinski definition) is 11. The van der Waals surface area contributed by atoms with Crippen molar-refractivity contribution in [2.75, 3.05) is 20.0 Å². The molecule has 47 heavy (non-hydrogen) atoms. The van der Waals surface area contributed by atoms with Gasteiger partial charge in [0.25, 0.3) is 0 Å². The minimum absolute atomic E-state index is 0.0330. The maximum atomic E-state index is 11.8. The molecule has 2 aliphatic heterocycles. The maximum Gasteiger partial charge on any atom is 0.335 e. The fraction of sp³-hybridized carbons (Fsp3) is 0.353. The molecule has 0 aliphatic carbocycles. The van der Waals surface area contributed by atoms with Gasteiger partial charge in [-0.2, -0.15) is 8.42 Å². The Morgan fingerprint density at radius 2 is 1.43 bits per heavy atom. The Kier molecular flexibility index (Phi) is 11.4. The van der Waals surface area contributed by atoms with E-state index in [1.165, 1.54) is 11.8 Å². The van der Waals surface area contributed by atoms with E-state index in [0.717, 1.165) is 63.4 Å². The van der Waals surface area contributed by atoms with E-state index in [9.17, 15) is 8.42 Å². The van der Waals surface area contributed by atoms with Crippen LogP contribution in [-0.2, 0) is 34.6 Å². The van der Waals surface area contributed by atoms with Gasteiger partial charge in [0.15, 0.2) is 14.9 Å². The molecule has 0 amide bonds. The van der Waals surface area contributed by atoms with E-state index in [1.54, 1.807) is 19.4 Å².